The SMILES string of the molecule is COC(=O)C1(c2ccccc2)CCN(C(=O)c2c[nH]c(C(=O)N3CCCC3)c2)CC1. The van der Waals surface area contributed by atoms with E-state index in [1.807, 2.05) is 35.2 Å². The molecule has 30 heavy (non-hydrogen) atoms. The van der Waals surface area contributed by atoms with E-state index in [9.17, 15) is 14.4 Å². The van der Waals surface area contributed by atoms with E-state index in [0.29, 0.717) is 37.2 Å². The first kappa shape index (κ1) is 20.2. The summed E-state index contributed by atoms with van der Waals surface area (Å²) in [5.74, 6) is -0.446. The molecule has 7 heteroatoms. The van der Waals surface area contributed by atoms with Crippen molar-refractivity contribution in [2.75, 3.05) is 33.3 Å². The van der Waals surface area contributed by atoms with Crippen LogP contribution >= 0.6 is 0 Å². The van der Waals surface area contributed by atoms with Crippen LogP contribution in [0.5, 0.6) is 0 Å². The van der Waals surface area contributed by atoms with Gasteiger partial charge in [0.1, 0.15) is 5.69 Å². The van der Waals surface area contributed by atoms with Crippen molar-refractivity contribution in [1.29, 1.82) is 0 Å². The van der Waals surface area contributed by atoms with Crippen LogP contribution in [-0.4, -0.2) is 65.9 Å². The second-order valence-corrected chi connectivity index (χ2v) is 8.03. The number of aromatic nitrogens is 1. The third kappa shape index (κ3) is 3.60. The first-order valence-corrected chi connectivity index (χ1v) is 10.5. The second-order valence-electron chi connectivity index (χ2n) is 8.03. The number of likely N-dealkylation sites (tertiary alicyclic amines) is 2. The number of rotatable bonds is 4. The quantitative estimate of drug-likeness (QED) is 0.787. The molecule has 2 amide bonds. The summed E-state index contributed by atoms with van der Waals surface area (Å²) in [7, 11) is 1.41. The fraction of sp³-hybridized carbons (Fsp3) is 0.435. The van der Waals surface area contributed by atoms with Crippen molar-refractivity contribution < 1.29 is 19.1 Å². The Morgan fingerprint density at radius 3 is 2.20 bits per heavy atom. The number of nitrogens with zero attached hydrogens (tertiary/aromatic N) is 2. The molecule has 0 atom stereocenters. The van der Waals surface area contributed by atoms with Crippen LogP contribution in [0.25, 0.3) is 0 Å². The van der Waals surface area contributed by atoms with E-state index in [-0.39, 0.29) is 17.8 Å². The molecular weight excluding hydrogens is 382 g/mol. The molecule has 2 aromatic rings. The minimum atomic E-state index is -0.734. The van der Waals surface area contributed by atoms with Gasteiger partial charge in [0.05, 0.1) is 18.1 Å². The lowest BCUT2D eigenvalue weighted by Crippen LogP contribution is -2.49. The maximum Gasteiger partial charge on any atom is 0.316 e. The van der Waals surface area contributed by atoms with Gasteiger partial charge in [-0.15, -0.1) is 0 Å². The number of esters is 1. The average molecular weight is 409 g/mol. The molecule has 7 nitrogen and oxygen atoms in total. The van der Waals surface area contributed by atoms with E-state index < -0.39 is 5.41 Å². The molecule has 2 aliphatic heterocycles. The zero-order chi connectivity index (χ0) is 21.1. The Hall–Kier alpha value is -3.09. The summed E-state index contributed by atoms with van der Waals surface area (Å²) in [6.07, 6.45) is 4.65. The Morgan fingerprint density at radius 2 is 1.57 bits per heavy atom. The molecular formula is C23H27N3O4. The van der Waals surface area contributed by atoms with Crippen molar-refractivity contribution >= 4 is 17.8 Å². The molecule has 0 bridgehead atoms. The summed E-state index contributed by atoms with van der Waals surface area (Å²) in [5.41, 5.74) is 1.11. The highest BCUT2D eigenvalue weighted by molar-refractivity contribution is 5.99. The van der Waals surface area contributed by atoms with Gasteiger partial charge in [-0.25, -0.2) is 0 Å². The molecule has 4 rings (SSSR count). The minimum Gasteiger partial charge on any atom is -0.468 e. The van der Waals surface area contributed by atoms with Crippen LogP contribution in [0.1, 0.15) is 52.1 Å². The normalized spacial score (nSPS) is 18.3. The molecule has 0 unspecified atom stereocenters. The van der Waals surface area contributed by atoms with E-state index >= 15 is 0 Å². The number of amides is 2. The maximum atomic E-state index is 13.0. The van der Waals surface area contributed by atoms with Crippen molar-refractivity contribution in [2.45, 2.75) is 31.1 Å². The summed E-state index contributed by atoms with van der Waals surface area (Å²) in [5, 5.41) is 0. The number of aromatic amines is 1. The smallest absolute Gasteiger partial charge is 0.316 e. The summed E-state index contributed by atoms with van der Waals surface area (Å²) < 4.78 is 5.12. The van der Waals surface area contributed by atoms with Gasteiger partial charge in [-0.3, -0.25) is 14.4 Å². The number of hydrogen-bond acceptors (Lipinski definition) is 4. The predicted molar refractivity (Wildman–Crippen MR) is 111 cm³/mol. The van der Waals surface area contributed by atoms with Gasteiger partial charge in [-0.1, -0.05) is 30.3 Å². The second kappa shape index (κ2) is 8.34. The molecule has 0 aliphatic carbocycles. The van der Waals surface area contributed by atoms with Gasteiger partial charge < -0.3 is 19.5 Å². The minimum absolute atomic E-state index is 0.0565. The van der Waals surface area contributed by atoms with Crippen LogP contribution < -0.4 is 0 Å². The Kier molecular flexibility index (Phi) is 5.61. The molecule has 2 fully saturated rings. The molecule has 1 aromatic carbocycles. The Balaban J connectivity index is 1.46. The van der Waals surface area contributed by atoms with Crippen LogP contribution in [-0.2, 0) is 14.9 Å². The standard InChI is InChI=1S/C23H27N3O4/c1-30-22(29)23(18-7-3-2-4-8-18)9-13-26(14-10-23)20(27)17-15-19(24-16-17)21(28)25-11-5-6-12-25/h2-4,7-8,15-16,24H,5-6,9-14H2,1H3. The molecule has 2 saturated heterocycles. The predicted octanol–water partition coefficient (Wildman–Crippen LogP) is 2.60. The average Bonchev–Trinajstić information content (AvgIpc) is 3.51. The topological polar surface area (TPSA) is 82.7 Å². The highest BCUT2D eigenvalue weighted by Gasteiger charge is 2.44. The van der Waals surface area contributed by atoms with E-state index in [1.165, 1.54) is 7.11 Å². The Morgan fingerprint density at radius 1 is 0.933 bits per heavy atom. The van der Waals surface area contributed by atoms with E-state index in [1.54, 1.807) is 17.2 Å². The molecule has 0 saturated carbocycles. The van der Waals surface area contributed by atoms with Crippen molar-refractivity contribution in [2.24, 2.45) is 0 Å². The number of H-pyrrole nitrogens is 1. The zero-order valence-corrected chi connectivity index (χ0v) is 17.2. The zero-order valence-electron chi connectivity index (χ0n) is 17.2. The fourth-order valence-electron chi connectivity index (χ4n) is 4.57. The third-order valence-corrected chi connectivity index (χ3v) is 6.36. The number of benzene rings is 1. The molecule has 1 N–H and O–H groups in total. The van der Waals surface area contributed by atoms with Crippen LogP contribution in [0.2, 0.25) is 0 Å². The largest absolute Gasteiger partial charge is 0.468 e. The number of ether oxygens (including phenoxy) is 1. The molecule has 0 spiro atoms. The van der Waals surface area contributed by atoms with Gasteiger partial charge in [-0.2, -0.15) is 0 Å². The summed E-state index contributed by atoms with van der Waals surface area (Å²) in [6, 6.07) is 11.3. The van der Waals surface area contributed by atoms with Gasteiger partial charge in [0, 0.05) is 32.4 Å². The van der Waals surface area contributed by atoms with Crippen LogP contribution in [0.3, 0.4) is 0 Å². The van der Waals surface area contributed by atoms with Crippen molar-refractivity contribution in [1.82, 2.24) is 14.8 Å². The van der Waals surface area contributed by atoms with Gasteiger partial charge in [0.25, 0.3) is 11.8 Å². The first-order chi connectivity index (χ1) is 14.5. The molecule has 158 valence electrons. The van der Waals surface area contributed by atoms with Crippen molar-refractivity contribution in [3.8, 4) is 0 Å². The summed E-state index contributed by atoms with van der Waals surface area (Å²) in [6.45, 7) is 2.43. The number of carbonyl (C=O) groups excluding carboxylic acids is 3. The molecule has 1 aromatic heterocycles. The van der Waals surface area contributed by atoms with Crippen LogP contribution in [0.15, 0.2) is 42.6 Å². The molecule has 3 heterocycles. The van der Waals surface area contributed by atoms with Gasteiger partial charge in [0.2, 0.25) is 0 Å². The third-order valence-electron chi connectivity index (χ3n) is 6.36. The highest BCUT2D eigenvalue weighted by Crippen LogP contribution is 2.37. The highest BCUT2D eigenvalue weighted by atomic mass is 16.5. The first-order valence-electron chi connectivity index (χ1n) is 10.5. The fourth-order valence-corrected chi connectivity index (χ4v) is 4.57. The van der Waals surface area contributed by atoms with Crippen molar-refractivity contribution in [3.05, 3.63) is 59.4 Å². The summed E-state index contributed by atoms with van der Waals surface area (Å²) in [4.78, 5) is 44.7. The number of piperidine rings is 1. The number of nitrogens with one attached hydrogen (secondary N) is 1. The monoisotopic (exact) mass is 409 g/mol. The van der Waals surface area contributed by atoms with Crippen molar-refractivity contribution in [3.63, 3.8) is 0 Å². The van der Waals surface area contributed by atoms with E-state index in [4.69, 9.17) is 4.74 Å². The number of carbonyl (C=O) groups is 3. The molecule has 0 radical (unpaired) electrons. The van der Waals surface area contributed by atoms with Gasteiger partial charge >= 0.3 is 5.97 Å². The Labute approximate surface area is 176 Å². The lowest BCUT2D eigenvalue weighted by Gasteiger charge is -2.40. The summed E-state index contributed by atoms with van der Waals surface area (Å²) >= 11 is 0. The lowest BCUT2D eigenvalue weighted by atomic mass is 9.72. The number of hydrogen-bond donors (Lipinski definition) is 1. The van der Waals surface area contributed by atoms with E-state index in [0.717, 1.165) is 31.5 Å². The number of methoxy groups -OCH3 is 1. The lowest BCUT2D eigenvalue weighted by molar-refractivity contribution is -0.149. The van der Waals surface area contributed by atoms with Crippen LogP contribution in [0, 0.1) is 0 Å². The molecule has 2 aliphatic rings. The Bertz CT molecular complexity index is 923. The van der Waals surface area contributed by atoms with Crippen LogP contribution in [0.4, 0.5) is 0 Å². The van der Waals surface area contributed by atoms with Gasteiger partial charge in [0.15, 0.2) is 0 Å². The van der Waals surface area contributed by atoms with E-state index in [2.05, 4.69) is 4.98 Å². The maximum absolute atomic E-state index is 13.0. The van der Waals surface area contributed by atoms with Gasteiger partial charge in [-0.05, 0) is 37.3 Å².